The average molecular weight is 192 g/mol. The van der Waals surface area contributed by atoms with Gasteiger partial charge in [-0.3, -0.25) is 9.51 Å². The van der Waals surface area contributed by atoms with Gasteiger partial charge in [0.2, 0.25) is 0 Å². The summed E-state index contributed by atoms with van der Waals surface area (Å²) in [6.07, 6.45) is 0. The molecule has 0 amide bonds. The van der Waals surface area contributed by atoms with E-state index >= 15 is 0 Å². The van der Waals surface area contributed by atoms with Crippen LogP contribution in [0.5, 0.6) is 0 Å². The molecular weight excluding hydrogens is 182 g/mol. The third-order valence-electron chi connectivity index (χ3n) is 1.96. The minimum absolute atomic E-state index is 0.450. The lowest BCUT2D eigenvalue weighted by atomic mass is 10.1. The molecule has 0 saturated carbocycles. The topological polar surface area (TPSA) is 86.5 Å². The third kappa shape index (κ3) is 1.57. The molecule has 0 radical (unpaired) electrons. The summed E-state index contributed by atoms with van der Waals surface area (Å²) in [6, 6.07) is 7.62. The molecule has 0 saturated heterocycles. The van der Waals surface area contributed by atoms with Crippen LogP contribution in [0.25, 0.3) is 11.4 Å². The van der Waals surface area contributed by atoms with Crippen LogP contribution < -0.4 is 11.5 Å². The highest BCUT2D eigenvalue weighted by Crippen LogP contribution is 2.13. The molecule has 0 aliphatic rings. The maximum atomic E-state index is 10.7. The van der Waals surface area contributed by atoms with Gasteiger partial charge in [0.05, 0.1) is 6.54 Å². The Morgan fingerprint density at radius 2 is 2.07 bits per heavy atom. The Kier molecular flexibility index (Phi) is 2.16. The number of aromatic nitrogens is 2. The predicted molar refractivity (Wildman–Crippen MR) is 49.2 cm³/mol. The molecule has 0 aliphatic carbocycles. The molecule has 0 aliphatic heterocycles. The lowest BCUT2D eigenvalue weighted by Gasteiger charge is -1.95. The number of hydrogen-bond acceptors (Lipinski definition) is 3. The maximum Gasteiger partial charge on any atom is 0.439 e. The molecule has 2 rings (SSSR count). The van der Waals surface area contributed by atoms with Gasteiger partial charge in [0, 0.05) is 11.1 Å². The zero-order valence-corrected chi connectivity index (χ0v) is 7.49. The van der Waals surface area contributed by atoms with Crippen molar-refractivity contribution in [2.75, 3.05) is 0 Å². The largest absolute Gasteiger partial charge is 0.439 e. The van der Waals surface area contributed by atoms with Gasteiger partial charge in [0.25, 0.3) is 0 Å². The highest BCUT2D eigenvalue weighted by Gasteiger charge is 2.03. The first-order valence-corrected chi connectivity index (χ1v) is 4.24. The van der Waals surface area contributed by atoms with Crippen LogP contribution in [-0.4, -0.2) is 10.1 Å². The zero-order chi connectivity index (χ0) is 9.97. The monoisotopic (exact) mass is 192 g/mol. The first kappa shape index (κ1) is 8.71. The summed E-state index contributed by atoms with van der Waals surface area (Å²) in [5, 5.41) is 3.58. The van der Waals surface area contributed by atoms with E-state index in [0.29, 0.717) is 5.82 Å². The van der Waals surface area contributed by atoms with Crippen LogP contribution in [0.3, 0.4) is 0 Å². The van der Waals surface area contributed by atoms with Crippen molar-refractivity contribution in [3.63, 3.8) is 0 Å². The van der Waals surface area contributed by atoms with E-state index < -0.39 is 5.76 Å². The summed E-state index contributed by atoms with van der Waals surface area (Å²) < 4.78 is 4.40. The highest BCUT2D eigenvalue weighted by molar-refractivity contribution is 5.54. The van der Waals surface area contributed by atoms with E-state index in [2.05, 4.69) is 20.4 Å². The quantitative estimate of drug-likeness (QED) is 0.689. The van der Waals surface area contributed by atoms with Crippen LogP contribution >= 0.6 is 0 Å². The number of quaternary nitrogens is 1. The molecule has 0 atom stereocenters. The third-order valence-corrected chi connectivity index (χ3v) is 1.96. The fourth-order valence-electron chi connectivity index (χ4n) is 1.18. The predicted octanol–water partition coefficient (Wildman–Crippen LogP) is -0.228. The number of nitrogens with zero attached hydrogens (tertiary/aromatic N) is 1. The first-order valence-electron chi connectivity index (χ1n) is 4.24. The van der Waals surface area contributed by atoms with Gasteiger partial charge >= 0.3 is 5.76 Å². The van der Waals surface area contributed by atoms with E-state index in [4.69, 9.17) is 0 Å². The Bertz CT molecular complexity index is 469. The van der Waals surface area contributed by atoms with E-state index in [0.717, 1.165) is 17.7 Å². The Morgan fingerprint density at radius 3 is 2.57 bits per heavy atom. The fourth-order valence-corrected chi connectivity index (χ4v) is 1.18. The van der Waals surface area contributed by atoms with Crippen LogP contribution in [-0.2, 0) is 6.54 Å². The van der Waals surface area contributed by atoms with Crippen LogP contribution in [0, 0.1) is 0 Å². The summed E-state index contributed by atoms with van der Waals surface area (Å²) in [5.41, 5.74) is 5.74. The molecule has 5 nitrogen and oxygen atoms in total. The van der Waals surface area contributed by atoms with Gasteiger partial charge < -0.3 is 5.73 Å². The molecule has 1 aromatic heterocycles. The van der Waals surface area contributed by atoms with Gasteiger partial charge in [-0.25, -0.2) is 4.79 Å². The number of hydrogen-bond donors (Lipinski definition) is 2. The average Bonchev–Trinajstić information content (AvgIpc) is 2.65. The van der Waals surface area contributed by atoms with Gasteiger partial charge in [-0.15, -0.1) is 0 Å². The molecule has 14 heavy (non-hydrogen) atoms. The SMILES string of the molecule is [NH3+]Cc1ccc(-c2noc(=O)[nH]2)cc1. The Labute approximate surface area is 79.5 Å². The second kappa shape index (κ2) is 3.47. The second-order valence-electron chi connectivity index (χ2n) is 2.89. The summed E-state index contributed by atoms with van der Waals surface area (Å²) in [5.74, 6) is -0.0909. The molecule has 2 aromatic rings. The van der Waals surface area contributed by atoms with E-state index in [1.165, 1.54) is 0 Å². The van der Waals surface area contributed by atoms with E-state index in [9.17, 15) is 4.79 Å². The Balaban J connectivity index is 2.38. The van der Waals surface area contributed by atoms with E-state index in [1.54, 1.807) is 0 Å². The summed E-state index contributed by atoms with van der Waals surface area (Å²) in [7, 11) is 0. The molecule has 0 fully saturated rings. The van der Waals surface area contributed by atoms with Gasteiger partial charge in [0.1, 0.15) is 0 Å². The van der Waals surface area contributed by atoms with Gasteiger partial charge in [-0.05, 0) is 0 Å². The van der Waals surface area contributed by atoms with Gasteiger partial charge in [-0.1, -0.05) is 29.4 Å². The molecule has 1 aromatic carbocycles. The van der Waals surface area contributed by atoms with Gasteiger partial charge in [-0.2, -0.15) is 0 Å². The molecule has 4 N–H and O–H groups in total. The number of H-pyrrole nitrogens is 1. The molecule has 0 unspecified atom stereocenters. The van der Waals surface area contributed by atoms with E-state index in [1.807, 2.05) is 24.3 Å². The Morgan fingerprint density at radius 1 is 1.36 bits per heavy atom. The Hall–Kier alpha value is -1.88. The van der Waals surface area contributed by atoms with Crippen molar-refractivity contribution >= 4 is 0 Å². The fraction of sp³-hybridized carbons (Fsp3) is 0.111. The minimum atomic E-state index is -0.541. The van der Waals surface area contributed by atoms with Crippen LogP contribution in [0.4, 0.5) is 0 Å². The lowest BCUT2D eigenvalue weighted by Crippen LogP contribution is -2.47. The summed E-state index contributed by atoms with van der Waals surface area (Å²) in [4.78, 5) is 13.2. The van der Waals surface area contributed by atoms with E-state index in [-0.39, 0.29) is 0 Å². The molecule has 1 heterocycles. The van der Waals surface area contributed by atoms with Crippen molar-refractivity contribution in [1.82, 2.24) is 10.1 Å². The molecule has 0 bridgehead atoms. The summed E-state index contributed by atoms with van der Waals surface area (Å²) in [6.45, 7) is 0.746. The zero-order valence-electron chi connectivity index (χ0n) is 7.49. The highest BCUT2D eigenvalue weighted by atomic mass is 16.5. The van der Waals surface area contributed by atoms with Gasteiger partial charge in [0.15, 0.2) is 5.82 Å². The number of aromatic amines is 1. The van der Waals surface area contributed by atoms with Crippen molar-refractivity contribution in [2.45, 2.75) is 6.54 Å². The standard InChI is InChI=1S/C9H9N3O2/c10-5-6-1-3-7(4-2-6)8-11-9(13)14-12-8/h1-4H,5,10H2,(H,11,12,13)/p+1. The number of nitrogens with one attached hydrogen (secondary N) is 1. The molecule has 5 heteroatoms. The maximum absolute atomic E-state index is 10.7. The molecule has 72 valence electrons. The van der Waals surface area contributed by atoms with Crippen LogP contribution in [0.2, 0.25) is 0 Å². The molecular formula is C9H10N3O2+. The molecule has 0 spiro atoms. The minimum Gasteiger partial charge on any atom is -0.354 e. The summed E-state index contributed by atoms with van der Waals surface area (Å²) >= 11 is 0. The normalized spacial score (nSPS) is 10.4. The van der Waals surface area contributed by atoms with Crippen molar-refractivity contribution < 1.29 is 10.3 Å². The van der Waals surface area contributed by atoms with Crippen molar-refractivity contribution in [1.29, 1.82) is 0 Å². The lowest BCUT2D eigenvalue weighted by molar-refractivity contribution is -0.386. The second-order valence-corrected chi connectivity index (χ2v) is 2.89. The smallest absolute Gasteiger partial charge is 0.354 e. The van der Waals surface area contributed by atoms with Crippen molar-refractivity contribution in [3.8, 4) is 11.4 Å². The van der Waals surface area contributed by atoms with Crippen molar-refractivity contribution in [2.24, 2.45) is 0 Å². The number of rotatable bonds is 2. The van der Waals surface area contributed by atoms with Crippen LogP contribution in [0.15, 0.2) is 33.6 Å². The number of benzene rings is 1. The first-order chi connectivity index (χ1) is 6.79. The van der Waals surface area contributed by atoms with Crippen LogP contribution in [0.1, 0.15) is 5.56 Å². The van der Waals surface area contributed by atoms with Crippen molar-refractivity contribution in [3.05, 3.63) is 40.4 Å².